The minimum atomic E-state index is -1.07. The van der Waals surface area contributed by atoms with Gasteiger partial charge >= 0.3 is 0 Å². The van der Waals surface area contributed by atoms with Gasteiger partial charge in [-0.3, -0.25) is 0 Å². The molecule has 0 radical (unpaired) electrons. The molecule has 0 aromatic heterocycles. The van der Waals surface area contributed by atoms with E-state index in [9.17, 15) is 13.9 Å². The van der Waals surface area contributed by atoms with Crippen LogP contribution >= 0.6 is 24.0 Å². The van der Waals surface area contributed by atoms with Gasteiger partial charge in [-0.15, -0.1) is 12.4 Å². The molecule has 1 rings (SSSR count). The molecule has 1 aromatic rings. The van der Waals surface area contributed by atoms with Crippen LogP contribution in [0.4, 0.5) is 8.78 Å². The summed E-state index contributed by atoms with van der Waals surface area (Å²) in [6, 6.07) is 0.914. The van der Waals surface area contributed by atoms with Gasteiger partial charge in [0.2, 0.25) is 0 Å². The average molecular weight is 300 g/mol. The van der Waals surface area contributed by atoms with Crippen LogP contribution in [0.25, 0.3) is 0 Å². The number of nitrogens with two attached hydrogens (primary N) is 1. The molecule has 0 bridgehead atoms. The molecule has 0 fully saturated rings. The molecule has 104 valence electrons. The predicted molar refractivity (Wildman–Crippen MR) is 71.1 cm³/mol. The molecule has 0 amide bonds. The van der Waals surface area contributed by atoms with Crippen LogP contribution in [-0.4, -0.2) is 11.2 Å². The van der Waals surface area contributed by atoms with Crippen molar-refractivity contribution in [1.82, 2.24) is 0 Å². The Morgan fingerprint density at radius 2 is 1.83 bits per heavy atom. The van der Waals surface area contributed by atoms with Crippen LogP contribution < -0.4 is 5.73 Å². The van der Waals surface area contributed by atoms with Crippen molar-refractivity contribution < 1.29 is 13.9 Å². The third-order valence-electron chi connectivity index (χ3n) is 2.65. The van der Waals surface area contributed by atoms with Crippen molar-refractivity contribution >= 4 is 24.0 Å². The van der Waals surface area contributed by atoms with E-state index in [-0.39, 0.29) is 23.0 Å². The van der Waals surface area contributed by atoms with E-state index in [2.05, 4.69) is 0 Å². The van der Waals surface area contributed by atoms with E-state index in [0.717, 1.165) is 25.0 Å². The molecule has 0 heterocycles. The number of rotatable bonds is 5. The Balaban J connectivity index is 0.00000289. The van der Waals surface area contributed by atoms with Gasteiger partial charge in [0.25, 0.3) is 0 Å². The highest BCUT2D eigenvalue weighted by Crippen LogP contribution is 2.26. The molecule has 2 atom stereocenters. The summed E-state index contributed by atoms with van der Waals surface area (Å²) in [7, 11) is 0. The summed E-state index contributed by atoms with van der Waals surface area (Å²) in [6.07, 6.45) is 1.10. The quantitative estimate of drug-likeness (QED) is 0.873. The summed E-state index contributed by atoms with van der Waals surface area (Å²) in [5.74, 6) is -1.64. The van der Waals surface area contributed by atoms with E-state index < -0.39 is 23.8 Å². The smallest absolute Gasteiger partial charge is 0.132 e. The van der Waals surface area contributed by atoms with E-state index >= 15 is 0 Å². The summed E-state index contributed by atoms with van der Waals surface area (Å²) in [5.41, 5.74) is 5.35. The van der Waals surface area contributed by atoms with E-state index in [0.29, 0.717) is 6.42 Å². The Morgan fingerprint density at radius 3 is 2.28 bits per heavy atom. The summed E-state index contributed by atoms with van der Waals surface area (Å²) in [5, 5.41) is 9.70. The van der Waals surface area contributed by atoms with E-state index in [4.69, 9.17) is 17.3 Å². The number of benzene rings is 1. The first-order valence-corrected chi connectivity index (χ1v) is 5.93. The normalized spacial score (nSPS) is 13.9. The maximum atomic E-state index is 13.5. The van der Waals surface area contributed by atoms with Crippen LogP contribution in [0.5, 0.6) is 0 Å². The molecule has 0 aliphatic rings. The molecule has 2 nitrogen and oxygen atoms in total. The molecular weight excluding hydrogens is 283 g/mol. The molecule has 18 heavy (non-hydrogen) atoms. The van der Waals surface area contributed by atoms with E-state index in [1.807, 2.05) is 6.92 Å². The van der Waals surface area contributed by atoms with Crippen LogP contribution in [0.2, 0.25) is 5.02 Å². The summed E-state index contributed by atoms with van der Waals surface area (Å²) >= 11 is 5.51. The number of halogens is 4. The highest BCUT2D eigenvalue weighted by molar-refractivity contribution is 6.30. The molecule has 6 heteroatoms. The fraction of sp³-hybridized carbons (Fsp3) is 0.500. The highest BCUT2D eigenvalue weighted by atomic mass is 35.5. The number of aliphatic hydroxyl groups excluding tert-OH is 1. The van der Waals surface area contributed by atoms with Crippen LogP contribution in [0.15, 0.2) is 12.1 Å². The Bertz CT molecular complexity index is 367. The van der Waals surface area contributed by atoms with Crippen molar-refractivity contribution in [3.63, 3.8) is 0 Å². The van der Waals surface area contributed by atoms with Gasteiger partial charge in [-0.1, -0.05) is 31.4 Å². The minimum absolute atomic E-state index is 0. The van der Waals surface area contributed by atoms with Crippen molar-refractivity contribution in [2.45, 2.75) is 38.3 Å². The van der Waals surface area contributed by atoms with Crippen molar-refractivity contribution in [2.24, 2.45) is 5.73 Å². The highest BCUT2D eigenvalue weighted by Gasteiger charge is 2.23. The van der Waals surface area contributed by atoms with Crippen molar-refractivity contribution in [1.29, 1.82) is 0 Å². The standard InChI is InChI=1S/C12H16ClF2NO.ClH/c1-2-3-4-10(17)12(16)11-8(14)5-7(13)6-9(11)15;/h5-6,10,12,17H,2-4,16H2,1H3;1H/t10-,12-;/m0./s1. The monoisotopic (exact) mass is 299 g/mol. The summed E-state index contributed by atoms with van der Waals surface area (Å²) in [6.45, 7) is 1.96. The van der Waals surface area contributed by atoms with Gasteiger partial charge in [-0.05, 0) is 18.6 Å². The number of hydrogen-bond donors (Lipinski definition) is 2. The van der Waals surface area contributed by atoms with Gasteiger partial charge in [0.1, 0.15) is 11.6 Å². The molecule has 0 saturated heterocycles. The molecule has 0 spiro atoms. The lowest BCUT2D eigenvalue weighted by Crippen LogP contribution is -2.28. The fourth-order valence-electron chi connectivity index (χ4n) is 1.66. The topological polar surface area (TPSA) is 46.2 Å². The second kappa shape index (κ2) is 7.89. The van der Waals surface area contributed by atoms with Crippen molar-refractivity contribution in [3.8, 4) is 0 Å². The maximum Gasteiger partial charge on any atom is 0.132 e. The molecule has 1 aromatic carbocycles. The third kappa shape index (κ3) is 4.35. The predicted octanol–water partition coefficient (Wildman–Crippen LogP) is 3.59. The van der Waals surface area contributed by atoms with Gasteiger partial charge in [-0.2, -0.15) is 0 Å². The van der Waals surface area contributed by atoms with Crippen LogP contribution in [0.3, 0.4) is 0 Å². The first kappa shape index (κ1) is 17.6. The lowest BCUT2D eigenvalue weighted by atomic mass is 9.97. The third-order valence-corrected chi connectivity index (χ3v) is 2.86. The number of hydrogen-bond acceptors (Lipinski definition) is 2. The van der Waals surface area contributed by atoms with Crippen LogP contribution in [0, 0.1) is 11.6 Å². The first-order valence-electron chi connectivity index (χ1n) is 5.55. The fourth-order valence-corrected chi connectivity index (χ4v) is 1.85. The maximum absolute atomic E-state index is 13.5. The second-order valence-electron chi connectivity index (χ2n) is 4.02. The Hall–Kier alpha value is -0.420. The lowest BCUT2D eigenvalue weighted by molar-refractivity contribution is 0.129. The minimum Gasteiger partial charge on any atom is -0.391 e. The van der Waals surface area contributed by atoms with Crippen LogP contribution in [0.1, 0.15) is 37.8 Å². The van der Waals surface area contributed by atoms with Gasteiger partial charge < -0.3 is 10.8 Å². The van der Waals surface area contributed by atoms with Crippen LogP contribution in [-0.2, 0) is 0 Å². The van der Waals surface area contributed by atoms with Crippen molar-refractivity contribution in [3.05, 3.63) is 34.4 Å². The zero-order valence-corrected chi connectivity index (χ0v) is 11.6. The molecule has 0 aliphatic carbocycles. The molecule has 0 saturated carbocycles. The molecule has 3 N–H and O–H groups in total. The SMILES string of the molecule is CCCC[C@H](O)[C@H](N)c1c(F)cc(Cl)cc1F.Cl. The Kier molecular flexibility index (Phi) is 7.71. The second-order valence-corrected chi connectivity index (χ2v) is 4.45. The van der Waals surface area contributed by atoms with E-state index in [1.165, 1.54) is 0 Å². The zero-order valence-electron chi connectivity index (χ0n) is 10.00. The van der Waals surface area contributed by atoms with Gasteiger partial charge in [0.15, 0.2) is 0 Å². The number of aliphatic hydroxyl groups is 1. The average Bonchev–Trinajstić information content (AvgIpc) is 2.24. The zero-order chi connectivity index (χ0) is 13.0. The first-order chi connectivity index (χ1) is 7.97. The van der Waals surface area contributed by atoms with Gasteiger partial charge in [0.05, 0.1) is 12.1 Å². The number of unbranched alkanes of at least 4 members (excludes halogenated alkanes) is 1. The molecular formula is C12H17Cl2F2NO. The van der Waals surface area contributed by atoms with E-state index in [1.54, 1.807) is 0 Å². The molecule has 0 unspecified atom stereocenters. The van der Waals surface area contributed by atoms with Gasteiger partial charge in [-0.25, -0.2) is 8.78 Å². The molecule has 0 aliphatic heterocycles. The Morgan fingerprint density at radius 1 is 1.33 bits per heavy atom. The largest absolute Gasteiger partial charge is 0.391 e. The van der Waals surface area contributed by atoms with Gasteiger partial charge in [0, 0.05) is 10.6 Å². The lowest BCUT2D eigenvalue weighted by Gasteiger charge is -2.20. The summed E-state index contributed by atoms with van der Waals surface area (Å²) in [4.78, 5) is 0. The Labute approximate surface area is 117 Å². The van der Waals surface area contributed by atoms with Crippen molar-refractivity contribution in [2.75, 3.05) is 0 Å². The summed E-state index contributed by atoms with van der Waals surface area (Å²) < 4.78 is 27.1.